The molecule has 2 heteroatoms. The van der Waals surface area contributed by atoms with Gasteiger partial charge in [-0.05, 0) is 39.0 Å². The monoisotopic (exact) mass is 267 g/mol. The van der Waals surface area contributed by atoms with E-state index in [2.05, 4.69) is 32.3 Å². The maximum atomic E-state index is 4.39. The van der Waals surface area contributed by atoms with E-state index >= 15 is 0 Å². The lowest BCUT2D eigenvalue weighted by Crippen LogP contribution is -2.48. The topological polar surface area (TPSA) is 3.24 Å². The molecule has 1 fully saturated rings. The van der Waals surface area contributed by atoms with Crippen LogP contribution in [0.4, 0.5) is 0 Å². The third-order valence-electron chi connectivity index (χ3n) is 4.59. The van der Waals surface area contributed by atoms with Crippen LogP contribution in [0.3, 0.4) is 0 Å². The van der Waals surface area contributed by atoms with Crippen molar-refractivity contribution in [2.45, 2.75) is 71.4 Å². The van der Waals surface area contributed by atoms with Gasteiger partial charge < -0.3 is 4.90 Å². The molecule has 0 spiro atoms. The van der Waals surface area contributed by atoms with Gasteiger partial charge in [0.2, 0.25) is 0 Å². The summed E-state index contributed by atoms with van der Waals surface area (Å²) in [5, 5.41) is 1.55. The van der Waals surface area contributed by atoms with Crippen molar-refractivity contribution in [2.75, 3.05) is 19.3 Å². The predicted molar refractivity (Wildman–Crippen MR) is 85.7 cm³/mol. The molecular weight excluding hydrogens is 234 g/mol. The van der Waals surface area contributed by atoms with Gasteiger partial charge in [0.05, 0.1) is 8.07 Å². The average Bonchev–Trinajstić information content (AvgIpc) is 2.58. The van der Waals surface area contributed by atoms with E-state index < -0.39 is 8.07 Å². The first-order valence-electron chi connectivity index (χ1n) is 8.03. The second kappa shape index (κ2) is 8.16. The van der Waals surface area contributed by atoms with Gasteiger partial charge in [-0.3, -0.25) is 0 Å². The lowest BCUT2D eigenvalue weighted by molar-refractivity contribution is 0.324. The zero-order valence-electron chi connectivity index (χ0n) is 12.9. The highest BCUT2D eigenvalue weighted by molar-refractivity contribution is 6.86. The molecule has 1 aliphatic heterocycles. The first-order chi connectivity index (χ1) is 8.64. The average molecular weight is 268 g/mol. The number of likely N-dealkylation sites (tertiary alicyclic amines) is 1. The zero-order chi connectivity index (χ0) is 13.4. The molecule has 0 N–H and O–H groups in total. The van der Waals surface area contributed by atoms with Gasteiger partial charge in [0.25, 0.3) is 0 Å². The summed E-state index contributed by atoms with van der Waals surface area (Å²) in [6.07, 6.45) is 9.79. The van der Waals surface area contributed by atoms with Gasteiger partial charge in [0.15, 0.2) is 0 Å². The minimum absolute atomic E-state index is 1.25. The maximum absolute atomic E-state index is 4.39. The predicted octanol–water partition coefficient (Wildman–Crippen LogP) is 4.79. The second-order valence-electron chi connectivity index (χ2n) is 6.25. The van der Waals surface area contributed by atoms with Crippen molar-refractivity contribution in [3.05, 3.63) is 11.8 Å². The fourth-order valence-corrected chi connectivity index (χ4v) is 8.30. The molecule has 0 saturated carbocycles. The van der Waals surface area contributed by atoms with Crippen LogP contribution < -0.4 is 0 Å². The van der Waals surface area contributed by atoms with E-state index in [1.165, 1.54) is 69.9 Å². The van der Waals surface area contributed by atoms with E-state index in [9.17, 15) is 0 Å². The highest BCUT2D eigenvalue weighted by Crippen LogP contribution is 2.28. The van der Waals surface area contributed by atoms with E-state index in [0.29, 0.717) is 0 Å². The summed E-state index contributed by atoms with van der Waals surface area (Å²) in [6.45, 7) is 14.1. The van der Waals surface area contributed by atoms with Gasteiger partial charge >= 0.3 is 0 Å². The molecule has 1 saturated heterocycles. The van der Waals surface area contributed by atoms with Crippen molar-refractivity contribution in [3.8, 4) is 0 Å². The number of rotatable bonds is 7. The van der Waals surface area contributed by atoms with E-state index in [0.717, 1.165) is 0 Å². The maximum Gasteiger partial charge on any atom is 0.0946 e. The Bertz CT molecular complexity index is 235. The van der Waals surface area contributed by atoms with E-state index in [-0.39, 0.29) is 0 Å². The van der Waals surface area contributed by atoms with Crippen LogP contribution in [-0.4, -0.2) is 32.2 Å². The summed E-state index contributed by atoms with van der Waals surface area (Å²) in [7, 11) is -1.25. The first kappa shape index (κ1) is 16.0. The highest BCUT2D eigenvalue weighted by Gasteiger charge is 2.34. The molecule has 1 nitrogen and oxygen atoms in total. The summed E-state index contributed by atoms with van der Waals surface area (Å²) in [5.41, 5.74) is 0. The Morgan fingerprint density at radius 2 is 1.50 bits per heavy atom. The second-order valence-corrected chi connectivity index (χ2v) is 11.0. The molecule has 1 heterocycles. The Balaban J connectivity index is 2.71. The number of hydrogen-bond acceptors (Lipinski definition) is 1. The third-order valence-corrected chi connectivity index (χ3v) is 10.4. The Morgan fingerprint density at radius 1 is 1.00 bits per heavy atom. The summed E-state index contributed by atoms with van der Waals surface area (Å²) < 4.78 is 0. The van der Waals surface area contributed by atoms with Crippen LogP contribution in [0.15, 0.2) is 11.8 Å². The van der Waals surface area contributed by atoms with Crippen molar-refractivity contribution in [2.24, 2.45) is 0 Å². The molecule has 0 aromatic carbocycles. The van der Waals surface area contributed by atoms with Crippen molar-refractivity contribution in [3.63, 3.8) is 0 Å². The molecule has 0 unspecified atom stereocenters. The van der Waals surface area contributed by atoms with Crippen molar-refractivity contribution >= 4 is 8.07 Å². The molecule has 0 amide bonds. The van der Waals surface area contributed by atoms with Crippen LogP contribution in [0, 0.1) is 0 Å². The normalized spacial score (nSPS) is 18.6. The van der Waals surface area contributed by atoms with Gasteiger partial charge in [0.1, 0.15) is 0 Å². The third kappa shape index (κ3) is 4.54. The Kier molecular flexibility index (Phi) is 7.24. The van der Waals surface area contributed by atoms with E-state index in [1.54, 1.807) is 5.20 Å². The first-order valence-corrected chi connectivity index (χ1v) is 10.6. The van der Waals surface area contributed by atoms with E-state index in [4.69, 9.17) is 0 Å². The minimum atomic E-state index is -1.25. The summed E-state index contributed by atoms with van der Waals surface area (Å²) in [6, 6.07) is 2.90. The molecule has 0 aromatic heterocycles. The molecule has 0 bridgehead atoms. The van der Waals surface area contributed by atoms with Crippen LogP contribution in [-0.2, 0) is 0 Å². The SMILES string of the molecule is C=C(C)[Si](CCC)(CCC)CN1CCCCCC1. The Labute approximate surface area is 116 Å². The molecule has 0 radical (unpaired) electrons. The smallest absolute Gasteiger partial charge is 0.0946 e. The van der Waals surface area contributed by atoms with Crippen LogP contribution in [0.5, 0.6) is 0 Å². The van der Waals surface area contributed by atoms with Crippen molar-refractivity contribution < 1.29 is 0 Å². The van der Waals surface area contributed by atoms with Crippen LogP contribution in [0.25, 0.3) is 0 Å². The van der Waals surface area contributed by atoms with Gasteiger partial charge in [-0.15, -0.1) is 6.58 Å². The summed E-state index contributed by atoms with van der Waals surface area (Å²) in [4.78, 5) is 2.78. The molecule has 0 aliphatic carbocycles. The molecular formula is C16H33NSi. The Hall–Kier alpha value is -0.0831. The van der Waals surface area contributed by atoms with E-state index in [1.807, 2.05) is 0 Å². The lowest BCUT2D eigenvalue weighted by Gasteiger charge is -2.37. The van der Waals surface area contributed by atoms with Crippen LogP contribution >= 0.6 is 0 Å². The number of allylic oxidation sites excluding steroid dienone is 1. The van der Waals surface area contributed by atoms with Gasteiger partial charge in [0, 0.05) is 0 Å². The fourth-order valence-electron chi connectivity index (χ4n) is 3.52. The largest absolute Gasteiger partial charge is 0.306 e. The fraction of sp³-hybridized carbons (Fsp3) is 0.875. The number of nitrogens with zero attached hydrogens (tertiary/aromatic N) is 1. The quantitative estimate of drug-likeness (QED) is 0.600. The molecule has 18 heavy (non-hydrogen) atoms. The minimum Gasteiger partial charge on any atom is -0.306 e. The summed E-state index contributed by atoms with van der Waals surface area (Å²) >= 11 is 0. The molecule has 1 rings (SSSR count). The van der Waals surface area contributed by atoms with Gasteiger partial charge in [-0.2, -0.15) is 0 Å². The molecule has 106 valence electrons. The van der Waals surface area contributed by atoms with Crippen LogP contribution in [0.2, 0.25) is 12.1 Å². The Morgan fingerprint density at radius 3 is 1.89 bits per heavy atom. The molecule has 0 aromatic rings. The standard InChI is InChI=1S/C16H33NSi/c1-5-13-18(14-6-2,16(3)4)15-17-11-9-7-8-10-12-17/h3,5-15H2,1-2,4H3. The molecule has 0 atom stereocenters. The lowest BCUT2D eigenvalue weighted by atomic mass is 10.2. The molecule has 1 aliphatic rings. The van der Waals surface area contributed by atoms with Gasteiger partial charge in [-0.1, -0.05) is 56.8 Å². The highest BCUT2D eigenvalue weighted by atomic mass is 28.3. The zero-order valence-corrected chi connectivity index (χ0v) is 13.9. The summed E-state index contributed by atoms with van der Waals surface area (Å²) in [5.74, 6) is 0. The van der Waals surface area contributed by atoms with Crippen LogP contribution in [0.1, 0.15) is 59.3 Å². The number of hydrogen-bond donors (Lipinski definition) is 0. The van der Waals surface area contributed by atoms with Gasteiger partial charge in [-0.25, -0.2) is 0 Å². The van der Waals surface area contributed by atoms with Crippen molar-refractivity contribution in [1.82, 2.24) is 4.90 Å². The van der Waals surface area contributed by atoms with Crippen molar-refractivity contribution in [1.29, 1.82) is 0 Å².